The Morgan fingerprint density at radius 1 is 1.41 bits per heavy atom. The highest BCUT2D eigenvalue weighted by Crippen LogP contribution is 2.15. The van der Waals surface area contributed by atoms with E-state index in [1.54, 1.807) is 0 Å². The summed E-state index contributed by atoms with van der Waals surface area (Å²) in [5, 5.41) is 3.66. The van der Waals surface area contributed by atoms with Crippen molar-refractivity contribution < 1.29 is 4.74 Å². The Bertz CT molecular complexity index is 230. The van der Waals surface area contributed by atoms with E-state index in [0.717, 1.165) is 26.1 Å². The highest BCUT2D eigenvalue weighted by Gasteiger charge is 2.28. The van der Waals surface area contributed by atoms with Crippen LogP contribution >= 0.6 is 0 Å². The lowest BCUT2D eigenvalue weighted by molar-refractivity contribution is -0.0636. The molecule has 0 aromatic carbocycles. The molecular formula is C14H30N2O. The Balaban J connectivity index is 2.43. The molecule has 1 rings (SSSR count). The maximum Gasteiger partial charge on any atom is 0.0674 e. The van der Waals surface area contributed by atoms with Crippen LogP contribution in [0.15, 0.2) is 0 Å². The molecule has 1 N–H and O–H groups in total. The number of ether oxygens (including phenoxy) is 1. The third-order valence-corrected chi connectivity index (χ3v) is 3.98. The van der Waals surface area contributed by atoms with E-state index in [1.165, 1.54) is 0 Å². The monoisotopic (exact) mass is 242 g/mol. The quantitative estimate of drug-likeness (QED) is 0.800. The van der Waals surface area contributed by atoms with E-state index in [1.807, 2.05) is 0 Å². The highest BCUT2D eigenvalue weighted by atomic mass is 16.5. The first-order valence-corrected chi connectivity index (χ1v) is 6.98. The Labute approximate surface area is 107 Å². The lowest BCUT2D eigenvalue weighted by atomic mass is 10.0. The Morgan fingerprint density at radius 3 is 2.65 bits per heavy atom. The van der Waals surface area contributed by atoms with Crippen LogP contribution in [-0.2, 0) is 4.74 Å². The molecule has 1 saturated heterocycles. The molecule has 1 heterocycles. The SMILES string of the molecule is CCC(C)(C)NCC(C)N1CC(C)OCC1C. The van der Waals surface area contributed by atoms with Gasteiger partial charge in [0, 0.05) is 30.7 Å². The molecular weight excluding hydrogens is 212 g/mol. The Kier molecular flexibility index (Phi) is 5.42. The predicted molar refractivity (Wildman–Crippen MR) is 73.4 cm³/mol. The van der Waals surface area contributed by atoms with Gasteiger partial charge in [-0.15, -0.1) is 0 Å². The van der Waals surface area contributed by atoms with Gasteiger partial charge in [0.1, 0.15) is 0 Å². The van der Waals surface area contributed by atoms with Crippen molar-refractivity contribution in [3.63, 3.8) is 0 Å². The maximum atomic E-state index is 5.67. The van der Waals surface area contributed by atoms with Crippen molar-refractivity contribution in [1.29, 1.82) is 0 Å². The van der Waals surface area contributed by atoms with E-state index >= 15 is 0 Å². The number of hydrogen-bond donors (Lipinski definition) is 1. The van der Waals surface area contributed by atoms with E-state index < -0.39 is 0 Å². The van der Waals surface area contributed by atoms with Gasteiger partial charge in [0.15, 0.2) is 0 Å². The van der Waals surface area contributed by atoms with Gasteiger partial charge in [-0.1, -0.05) is 6.92 Å². The molecule has 0 aliphatic carbocycles. The third-order valence-electron chi connectivity index (χ3n) is 3.98. The van der Waals surface area contributed by atoms with Gasteiger partial charge in [-0.3, -0.25) is 4.90 Å². The van der Waals surface area contributed by atoms with Crippen molar-refractivity contribution in [2.45, 2.75) is 71.7 Å². The topological polar surface area (TPSA) is 24.5 Å². The average molecular weight is 242 g/mol. The van der Waals surface area contributed by atoms with Gasteiger partial charge in [-0.05, 0) is 41.0 Å². The van der Waals surface area contributed by atoms with E-state index in [4.69, 9.17) is 4.74 Å². The molecule has 1 aliphatic rings. The van der Waals surface area contributed by atoms with E-state index in [9.17, 15) is 0 Å². The normalized spacial score (nSPS) is 29.3. The zero-order chi connectivity index (χ0) is 13.1. The van der Waals surface area contributed by atoms with Gasteiger partial charge in [0.25, 0.3) is 0 Å². The van der Waals surface area contributed by atoms with Gasteiger partial charge >= 0.3 is 0 Å². The minimum Gasteiger partial charge on any atom is -0.376 e. The summed E-state index contributed by atoms with van der Waals surface area (Å²) in [5.74, 6) is 0. The van der Waals surface area contributed by atoms with Crippen molar-refractivity contribution in [1.82, 2.24) is 10.2 Å². The summed E-state index contributed by atoms with van der Waals surface area (Å²) in [4.78, 5) is 2.56. The van der Waals surface area contributed by atoms with Crippen LogP contribution in [0.1, 0.15) is 48.0 Å². The zero-order valence-electron chi connectivity index (χ0n) is 12.4. The molecule has 3 atom stereocenters. The van der Waals surface area contributed by atoms with Crippen LogP contribution in [0, 0.1) is 0 Å². The standard InChI is InChI=1S/C14H30N2O/c1-7-14(5,6)15-8-11(2)16-9-13(4)17-10-12(16)3/h11-13,15H,7-10H2,1-6H3. The fourth-order valence-electron chi connectivity index (χ4n) is 2.21. The van der Waals surface area contributed by atoms with Crippen LogP contribution in [-0.4, -0.2) is 48.3 Å². The largest absolute Gasteiger partial charge is 0.376 e. The van der Waals surface area contributed by atoms with Crippen LogP contribution in [0.25, 0.3) is 0 Å². The van der Waals surface area contributed by atoms with Gasteiger partial charge < -0.3 is 10.1 Å². The first-order valence-electron chi connectivity index (χ1n) is 6.98. The van der Waals surface area contributed by atoms with Crippen molar-refractivity contribution in [2.24, 2.45) is 0 Å². The maximum absolute atomic E-state index is 5.67. The molecule has 102 valence electrons. The van der Waals surface area contributed by atoms with E-state index in [0.29, 0.717) is 18.2 Å². The second-order valence-corrected chi connectivity index (χ2v) is 6.16. The molecule has 1 fully saturated rings. The van der Waals surface area contributed by atoms with E-state index in [-0.39, 0.29) is 5.54 Å². The number of morpholine rings is 1. The van der Waals surface area contributed by atoms with Crippen LogP contribution in [0.4, 0.5) is 0 Å². The smallest absolute Gasteiger partial charge is 0.0674 e. The first-order chi connectivity index (χ1) is 7.85. The average Bonchev–Trinajstić information content (AvgIpc) is 2.29. The van der Waals surface area contributed by atoms with Crippen molar-refractivity contribution in [3.8, 4) is 0 Å². The highest BCUT2D eigenvalue weighted by molar-refractivity contribution is 4.84. The molecule has 0 aromatic heterocycles. The fraction of sp³-hybridized carbons (Fsp3) is 1.00. The van der Waals surface area contributed by atoms with Crippen LogP contribution in [0.3, 0.4) is 0 Å². The van der Waals surface area contributed by atoms with Crippen LogP contribution in [0.2, 0.25) is 0 Å². The molecule has 1 aliphatic heterocycles. The summed E-state index contributed by atoms with van der Waals surface area (Å²) in [6.45, 7) is 16.5. The van der Waals surface area contributed by atoms with E-state index in [2.05, 4.69) is 51.8 Å². The van der Waals surface area contributed by atoms with Crippen LogP contribution in [0.5, 0.6) is 0 Å². The molecule has 17 heavy (non-hydrogen) atoms. The molecule has 0 bridgehead atoms. The molecule has 3 nitrogen and oxygen atoms in total. The molecule has 0 spiro atoms. The molecule has 3 heteroatoms. The fourth-order valence-corrected chi connectivity index (χ4v) is 2.21. The first kappa shape index (κ1) is 14.9. The van der Waals surface area contributed by atoms with Crippen molar-refractivity contribution >= 4 is 0 Å². The van der Waals surface area contributed by atoms with Gasteiger partial charge in [0.05, 0.1) is 12.7 Å². The van der Waals surface area contributed by atoms with Crippen molar-refractivity contribution in [3.05, 3.63) is 0 Å². The number of hydrogen-bond acceptors (Lipinski definition) is 3. The van der Waals surface area contributed by atoms with Gasteiger partial charge in [-0.25, -0.2) is 0 Å². The van der Waals surface area contributed by atoms with Crippen LogP contribution < -0.4 is 5.32 Å². The van der Waals surface area contributed by atoms with Crippen molar-refractivity contribution in [2.75, 3.05) is 19.7 Å². The lowest BCUT2D eigenvalue weighted by Crippen LogP contribution is -2.55. The second kappa shape index (κ2) is 6.17. The Hall–Kier alpha value is -0.120. The summed E-state index contributed by atoms with van der Waals surface area (Å²) in [6, 6.07) is 1.11. The zero-order valence-corrected chi connectivity index (χ0v) is 12.4. The number of nitrogens with one attached hydrogen (secondary N) is 1. The third kappa shape index (κ3) is 4.57. The minimum atomic E-state index is 0.245. The lowest BCUT2D eigenvalue weighted by Gasteiger charge is -2.41. The second-order valence-electron chi connectivity index (χ2n) is 6.16. The summed E-state index contributed by atoms with van der Waals surface area (Å²) in [6.07, 6.45) is 1.53. The number of rotatable bonds is 5. The molecule has 0 radical (unpaired) electrons. The molecule has 3 unspecified atom stereocenters. The summed E-state index contributed by atoms with van der Waals surface area (Å²) < 4.78 is 5.67. The van der Waals surface area contributed by atoms with Gasteiger partial charge in [0.2, 0.25) is 0 Å². The number of nitrogens with zero attached hydrogens (tertiary/aromatic N) is 1. The summed E-state index contributed by atoms with van der Waals surface area (Å²) >= 11 is 0. The summed E-state index contributed by atoms with van der Waals surface area (Å²) in [7, 11) is 0. The predicted octanol–water partition coefficient (Wildman–Crippen LogP) is 2.26. The van der Waals surface area contributed by atoms with Gasteiger partial charge in [-0.2, -0.15) is 0 Å². The summed E-state index contributed by atoms with van der Waals surface area (Å²) in [5.41, 5.74) is 0.245. The molecule has 0 saturated carbocycles. The molecule has 0 aromatic rings. The minimum absolute atomic E-state index is 0.245. The molecule has 0 amide bonds. The Morgan fingerprint density at radius 2 is 2.06 bits per heavy atom.